The van der Waals surface area contributed by atoms with E-state index < -0.39 is 0 Å². The van der Waals surface area contributed by atoms with E-state index in [9.17, 15) is 9.18 Å². The molecule has 0 atom stereocenters. The number of carbonyl (C=O) groups excluding carboxylic acids is 1. The highest BCUT2D eigenvalue weighted by Crippen LogP contribution is 2.24. The Morgan fingerprint density at radius 3 is 2.56 bits per heavy atom. The minimum atomic E-state index is -0.355. The van der Waals surface area contributed by atoms with Crippen molar-refractivity contribution in [3.05, 3.63) is 94.7 Å². The van der Waals surface area contributed by atoms with E-state index in [2.05, 4.69) is 20.6 Å². The van der Waals surface area contributed by atoms with Crippen LogP contribution >= 0.6 is 0 Å². The molecule has 0 spiro atoms. The molecule has 7 nitrogen and oxygen atoms in total. The number of rotatable bonds is 6. The first-order valence-corrected chi connectivity index (χ1v) is 10.1. The Morgan fingerprint density at radius 2 is 1.84 bits per heavy atom. The van der Waals surface area contributed by atoms with Crippen molar-refractivity contribution in [2.45, 2.75) is 27.3 Å². The van der Waals surface area contributed by atoms with Gasteiger partial charge in [0.1, 0.15) is 11.6 Å². The van der Waals surface area contributed by atoms with Crippen LogP contribution in [0.1, 0.15) is 32.9 Å². The van der Waals surface area contributed by atoms with Crippen LogP contribution in [0.25, 0.3) is 5.69 Å². The van der Waals surface area contributed by atoms with Crippen molar-refractivity contribution in [3.8, 4) is 17.3 Å². The van der Waals surface area contributed by atoms with Crippen molar-refractivity contribution in [3.63, 3.8) is 0 Å². The van der Waals surface area contributed by atoms with Gasteiger partial charge in [-0.15, -0.1) is 5.10 Å². The number of hydrogen-bond donors (Lipinski definition) is 1. The molecule has 0 saturated carbocycles. The van der Waals surface area contributed by atoms with Gasteiger partial charge in [-0.3, -0.25) is 4.79 Å². The SMILES string of the molecule is Cc1ccc(C)c(Oc2ccc(CNC(=O)c3nnn(-c4ccc(F)cc4)c3C)cn2)c1. The lowest BCUT2D eigenvalue weighted by Gasteiger charge is -2.09. The summed E-state index contributed by atoms with van der Waals surface area (Å²) in [5.41, 5.74) is 4.34. The smallest absolute Gasteiger partial charge is 0.274 e. The first-order valence-electron chi connectivity index (χ1n) is 10.1. The number of nitrogens with zero attached hydrogens (tertiary/aromatic N) is 4. The minimum Gasteiger partial charge on any atom is -0.439 e. The molecule has 2 aromatic heterocycles. The van der Waals surface area contributed by atoms with Crippen molar-refractivity contribution in [2.24, 2.45) is 0 Å². The van der Waals surface area contributed by atoms with Gasteiger partial charge in [-0.1, -0.05) is 23.4 Å². The molecular weight excluding hydrogens is 409 g/mol. The van der Waals surface area contributed by atoms with Crippen molar-refractivity contribution in [1.82, 2.24) is 25.3 Å². The molecule has 2 aromatic carbocycles. The van der Waals surface area contributed by atoms with Crippen molar-refractivity contribution >= 4 is 5.91 Å². The zero-order valence-electron chi connectivity index (χ0n) is 18.0. The van der Waals surface area contributed by atoms with Crippen LogP contribution in [0.2, 0.25) is 0 Å². The number of amides is 1. The highest BCUT2D eigenvalue weighted by molar-refractivity contribution is 5.93. The molecule has 32 heavy (non-hydrogen) atoms. The molecule has 0 aliphatic rings. The Labute approximate surface area is 184 Å². The second-order valence-corrected chi connectivity index (χ2v) is 7.47. The largest absolute Gasteiger partial charge is 0.439 e. The molecule has 1 amide bonds. The molecule has 0 unspecified atom stereocenters. The summed E-state index contributed by atoms with van der Waals surface area (Å²) >= 11 is 0. The number of halogens is 1. The molecule has 1 N–H and O–H groups in total. The fourth-order valence-corrected chi connectivity index (χ4v) is 3.14. The van der Waals surface area contributed by atoms with Gasteiger partial charge in [0.05, 0.1) is 11.4 Å². The molecule has 0 bridgehead atoms. The zero-order valence-corrected chi connectivity index (χ0v) is 18.0. The first-order chi connectivity index (χ1) is 15.4. The van der Waals surface area contributed by atoms with Gasteiger partial charge in [0.2, 0.25) is 5.88 Å². The molecule has 0 fully saturated rings. The van der Waals surface area contributed by atoms with Crippen LogP contribution < -0.4 is 10.1 Å². The maximum Gasteiger partial charge on any atom is 0.274 e. The highest BCUT2D eigenvalue weighted by Gasteiger charge is 2.17. The summed E-state index contributed by atoms with van der Waals surface area (Å²) in [6, 6.07) is 15.4. The summed E-state index contributed by atoms with van der Waals surface area (Å²) in [6.45, 7) is 6.00. The average molecular weight is 431 g/mol. The Bertz CT molecular complexity index is 1250. The van der Waals surface area contributed by atoms with E-state index in [1.807, 2.05) is 38.1 Å². The highest BCUT2D eigenvalue weighted by atomic mass is 19.1. The Kier molecular flexibility index (Phi) is 5.93. The molecule has 0 aliphatic heterocycles. The van der Waals surface area contributed by atoms with Gasteiger partial charge in [0.15, 0.2) is 5.69 Å². The fourth-order valence-electron chi connectivity index (χ4n) is 3.14. The van der Waals surface area contributed by atoms with E-state index >= 15 is 0 Å². The van der Waals surface area contributed by atoms with Crippen LogP contribution in [0.3, 0.4) is 0 Å². The molecule has 0 radical (unpaired) electrons. The lowest BCUT2D eigenvalue weighted by Crippen LogP contribution is -2.24. The lowest BCUT2D eigenvalue weighted by molar-refractivity contribution is 0.0945. The number of nitrogens with one attached hydrogen (secondary N) is 1. The second-order valence-electron chi connectivity index (χ2n) is 7.47. The number of hydrogen-bond acceptors (Lipinski definition) is 5. The fraction of sp³-hybridized carbons (Fsp3) is 0.167. The molecular formula is C24H22FN5O2. The average Bonchev–Trinajstić information content (AvgIpc) is 3.17. The first kappa shape index (κ1) is 21.2. The van der Waals surface area contributed by atoms with E-state index in [0.29, 0.717) is 17.3 Å². The van der Waals surface area contributed by atoms with Gasteiger partial charge in [0, 0.05) is 18.8 Å². The number of pyridine rings is 1. The molecule has 0 saturated heterocycles. The predicted octanol–water partition coefficient (Wildman–Crippen LogP) is 4.45. The van der Waals surface area contributed by atoms with Crippen molar-refractivity contribution < 1.29 is 13.9 Å². The summed E-state index contributed by atoms with van der Waals surface area (Å²) in [5.74, 6) is 0.542. The summed E-state index contributed by atoms with van der Waals surface area (Å²) in [7, 11) is 0. The zero-order chi connectivity index (χ0) is 22.7. The third-order valence-electron chi connectivity index (χ3n) is 4.99. The summed E-state index contributed by atoms with van der Waals surface area (Å²) < 4.78 is 20.5. The van der Waals surface area contributed by atoms with E-state index in [1.54, 1.807) is 31.3 Å². The van der Waals surface area contributed by atoms with E-state index in [4.69, 9.17) is 4.74 Å². The number of aryl methyl sites for hydroxylation is 2. The Balaban J connectivity index is 1.39. The monoisotopic (exact) mass is 431 g/mol. The van der Waals surface area contributed by atoms with Crippen LogP contribution in [-0.2, 0) is 6.54 Å². The van der Waals surface area contributed by atoms with Crippen molar-refractivity contribution in [2.75, 3.05) is 0 Å². The summed E-state index contributed by atoms with van der Waals surface area (Å²) in [4.78, 5) is 16.9. The third-order valence-corrected chi connectivity index (χ3v) is 4.99. The summed E-state index contributed by atoms with van der Waals surface area (Å²) in [6.07, 6.45) is 1.66. The molecule has 162 valence electrons. The van der Waals surface area contributed by atoms with Crippen LogP contribution in [0, 0.1) is 26.6 Å². The van der Waals surface area contributed by atoms with Gasteiger partial charge in [-0.2, -0.15) is 0 Å². The normalized spacial score (nSPS) is 10.8. The van der Waals surface area contributed by atoms with Crippen molar-refractivity contribution in [1.29, 1.82) is 0 Å². The standard InChI is InChI=1S/C24H22FN5O2/c1-15-4-5-16(2)21(12-15)32-22-11-6-18(13-26-22)14-27-24(31)23-17(3)30(29-28-23)20-9-7-19(25)8-10-20/h4-13H,14H2,1-3H3,(H,27,31). The third kappa shape index (κ3) is 4.64. The molecule has 0 aliphatic carbocycles. The van der Waals surface area contributed by atoms with E-state index in [1.165, 1.54) is 16.8 Å². The van der Waals surface area contributed by atoms with Gasteiger partial charge in [-0.05, 0) is 67.8 Å². The maximum atomic E-state index is 13.1. The van der Waals surface area contributed by atoms with Crippen LogP contribution in [-0.4, -0.2) is 25.9 Å². The summed E-state index contributed by atoms with van der Waals surface area (Å²) in [5, 5.41) is 10.8. The quantitative estimate of drug-likeness (QED) is 0.488. The van der Waals surface area contributed by atoms with E-state index in [0.717, 1.165) is 22.4 Å². The Morgan fingerprint density at radius 1 is 1.06 bits per heavy atom. The molecule has 4 rings (SSSR count). The molecule has 4 aromatic rings. The predicted molar refractivity (Wildman–Crippen MR) is 117 cm³/mol. The van der Waals surface area contributed by atoms with Crippen LogP contribution in [0.15, 0.2) is 60.8 Å². The van der Waals surface area contributed by atoms with Gasteiger partial charge in [-0.25, -0.2) is 14.1 Å². The van der Waals surface area contributed by atoms with Gasteiger partial charge >= 0.3 is 0 Å². The molecule has 2 heterocycles. The number of aromatic nitrogens is 4. The Hall–Kier alpha value is -4.07. The second kappa shape index (κ2) is 8.97. The molecule has 8 heteroatoms. The number of carbonyl (C=O) groups is 1. The van der Waals surface area contributed by atoms with Crippen LogP contribution in [0.4, 0.5) is 4.39 Å². The minimum absolute atomic E-state index is 0.206. The maximum absolute atomic E-state index is 13.1. The number of benzene rings is 2. The van der Waals surface area contributed by atoms with E-state index in [-0.39, 0.29) is 24.0 Å². The van der Waals surface area contributed by atoms with Crippen LogP contribution in [0.5, 0.6) is 11.6 Å². The number of ether oxygens (including phenoxy) is 1. The topological polar surface area (TPSA) is 81.9 Å². The lowest BCUT2D eigenvalue weighted by atomic mass is 10.1. The van der Waals surface area contributed by atoms with Gasteiger partial charge < -0.3 is 10.1 Å². The van der Waals surface area contributed by atoms with Gasteiger partial charge in [0.25, 0.3) is 5.91 Å².